The Morgan fingerprint density at radius 1 is 1.21 bits per heavy atom. The fraction of sp³-hybridized carbons (Fsp3) is 0.350. The molecule has 0 saturated carbocycles. The van der Waals surface area contributed by atoms with Crippen molar-refractivity contribution in [3.8, 4) is 17.5 Å². The molecular weight excluding hydrogens is 475 g/mol. The number of pyridine rings is 1. The Bertz CT molecular complexity index is 1580. The van der Waals surface area contributed by atoms with Crippen LogP contribution in [0.25, 0.3) is 27.9 Å². The number of rotatable bonds is 3. The third-order valence-electron chi connectivity index (χ3n) is 5.47. The maximum atomic E-state index is 13.9. The minimum Gasteiger partial charge on any atom is -0.356 e. The van der Waals surface area contributed by atoms with E-state index in [9.17, 15) is 26.9 Å². The summed E-state index contributed by atoms with van der Waals surface area (Å²) in [6, 6.07) is 6.67. The second-order valence-corrected chi connectivity index (χ2v) is 9.73. The molecule has 10 nitrogen and oxygen atoms in total. The van der Waals surface area contributed by atoms with Gasteiger partial charge in [-0.15, -0.1) is 5.10 Å². The number of ether oxygens (including phenoxy) is 1. The Morgan fingerprint density at radius 3 is 2.65 bits per heavy atom. The van der Waals surface area contributed by atoms with Crippen LogP contribution in [-0.2, 0) is 20.8 Å². The number of nitrogens with zero attached hydrogens (tertiary/aromatic N) is 7. The lowest BCUT2D eigenvalue weighted by Crippen LogP contribution is -2.20. The molecule has 14 heteroatoms. The van der Waals surface area contributed by atoms with E-state index in [2.05, 4.69) is 20.2 Å². The molecule has 1 atom stereocenters. The molecule has 1 fully saturated rings. The summed E-state index contributed by atoms with van der Waals surface area (Å²) in [7, 11) is -4.02. The van der Waals surface area contributed by atoms with Gasteiger partial charge >= 0.3 is 6.18 Å². The van der Waals surface area contributed by atoms with Gasteiger partial charge in [-0.2, -0.15) is 23.5 Å². The van der Waals surface area contributed by atoms with Gasteiger partial charge in [-0.05, 0) is 31.4 Å². The highest BCUT2D eigenvalue weighted by molar-refractivity contribution is 7.90. The Kier molecular flexibility index (Phi) is 5.06. The van der Waals surface area contributed by atoms with Crippen molar-refractivity contribution < 1.29 is 26.3 Å². The van der Waals surface area contributed by atoms with Crippen molar-refractivity contribution in [3.05, 3.63) is 35.7 Å². The van der Waals surface area contributed by atoms with E-state index in [-0.39, 0.29) is 22.4 Å². The molecule has 0 aliphatic carbocycles. The van der Waals surface area contributed by atoms with E-state index >= 15 is 0 Å². The van der Waals surface area contributed by atoms with E-state index in [1.165, 1.54) is 15.3 Å². The zero-order valence-corrected chi connectivity index (χ0v) is 18.4. The van der Waals surface area contributed by atoms with Crippen LogP contribution in [-0.4, -0.2) is 50.6 Å². The van der Waals surface area contributed by atoms with Crippen LogP contribution in [0, 0.1) is 11.3 Å². The van der Waals surface area contributed by atoms with Gasteiger partial charge in [0.1, 0.15) is 28.7 Å². The zero-order valence-electron chi connectivity index (χ0n) is 17.6. The molecule has 4 aromatic rings. The zero-order chi connectivity index (χ0) is 24.3. The van der Waals surface area contributed by atoms with Crippen molar-refractivity contribution >= 4 is 26.4 Å². The summed E-state index contributed by atoms with van der Waals surface area (Å²) in [5.74, 6) is 0. The maximum absolute atomic E-state index is 13.9. The molecular formula is C20H16F3N7O3S. The van der Waals surface area contributed by atoms with Crippen molar-refractivity contribution in [3.63, 3.8) is 0 Å². The number of alkyl halides is 3. The number of fused-ring (bicyclic) bond motifs is 3. The molecule has 0 bridgehead atoms. The smallest absolute Gasteiger partial charge is 0.356 e. The lowest BCUT2D eigenvalue weighted by Gasteiger charge is -2.22. The average Bonchev–Trinajstić information content (AvgIpc) is 3.35. The molecule has 5 heterocycles. The van der Waals surface area contributed by atoms with Crippen molar-refractivity contribution in [2.45, 2.75) is 36.8 Å². The first-order valence-corrected chi connectivity index (χ1v) is 12.0. The summed E-state index contributed by atoms with van der Waals surface area (Å²) in [6.07, 6.45) is -2.03. The summed E-state index contributed by atoms with van der Waals surface area (Å²) in [5, 5.41) is 17.7. The standard InChI is InChI=1S/C20H16F3N7O3S/c1-34(31,32)19-25-10-12(20(21,22)23)16(26-19)17-15-13-6-4-5-11(9-24)29(13)28-18(15)30(27-17)14-7-2-3-8-33-14/h4-6,10,14H,2-3,7-8H2,1H3. The van der Waals surface area contributed by atoms with E-state index in [0.717, 1.165) is 19.1 Å². The number of halogens is 3. The van der Waals surface area contributed by atoms with Crippen molar-refractivity contribution in [2.75, 3.05) is 12.9 Å². The van der Waals surface area contributed by atoms with Gasteiger partial charge in [-0.1, -0.05) is 6.07 Å². The Morgan fingerprint density at radius 2 is 2.00 bits per heavy atom. The number of hydrogen-bond acceptors (Lipinski definition) is 8. The average molecular weight is 491 g/mol. The van der Waals surface area contributed by atoms with Crippen LogP contribution >= 0.6 is 0 Å². The molecule has 1 aliphatic rings. The Balaban J connectivity index is 1.90. The molecule has 1 aliphatic heterocycles. The summed E-state index contributed by atoms with van der Waals surface area (Å²) in [4.78, 5) is 7.19. The summed E-state index contributed by atoms with van der Waals surface area (Å²) >= 11 is 0. The quantitative estimate of drug-likeness (QED) is 0.400. The first-order valence-electron chi connectivity index (χ1n) is 10.2. The topological polar surface area (TPSA) is 128 Å². The van der Waals surface area contributed by atoms with Gasteiger partial charge in [0.25, 0.3) is 0 Å². The van der Waals surface area contributed by atoms with Crippen LogP contribution in [0.1, 0.15) is 36.7 Å². The van der Waals surface area contributed by atoms with Crippen molar-refractivity contribution in [1.29, 1.82) is 5.26 Å². The third kappa shape index (κ3) is 3.57. The highest BCUT2D eigenvalue weighted by Gasteiger charge is 2.38. The van der Waals surface area contributed by atoms with E-state index in [1.807, 2.05) is 6.07 Å². The molecule has 176 valence electrons. The van der Waals surface area contributed by atoms with Gasteiger partial charge in [0.15, 0.2) is 11.9 Å². The number of nitriles is 1. The first-order chi connectivity index (χ1) is 16.1. The summed E-state index contributed by atoms with van der Waals surface area (Å²) in [6.45, 7) is 0.442. The van der Waals surface area contributed by atoms with Crippen LogP contribution in [0.4, 0.5) is 13.2 Å². The molecule has 0 amide bonds. The van der Waals surface area contributed by atoms with Gasteiger partial charge in [0, 0.05) is 19.1 Å². The molecule has 0 radical (unpaired) electrons. The molecule has 1 unspecified atom stereocenters. The number of aromatic nitrogens is 6. The Labute approximate surface area is 190 Å². The normalized spacial score (nSPS) is 17.3. The molecule has 0 aromatic carbocycles. The van der Waals surface area contributed by atoms with E-state index in [0.29, 0.717) is 24.7 Å². The van der Waals surface area contributed by atoms with Crippen LogP contribution in [0.15, 0.2) is 29.6 Å². The molecule has 5 rings (SSSR count). The molecule has 1 saturated heterocycles. The lowest BCUT2D eigenvalue weighted by atomic mass is 10.1. The third-order valence-corrected chi connectivity index (χ3v) is 6.33. The van der Waals surface area contributed by atoms with Gasteiger partial charge in [0.05, 0.1) is 10.9 Å². The molecule has 4 aromatic heterocycles. The lowest BCUT2D eigenvalue weighted by molar-refractivity contribution is -0.137. The molecule has 34 heavy (non-hydrogen) atoms. The van der Waals surface area contributed by atoms with Crippen LogP contribution < -0.4 is 0 Å². The highest BCUT2D eigenvalue weighted by atomic mass is 32.2. The van der Waals surface area contributed by atoms with Gasteiger partial charge < -0.3 is 4.74 Å². The second-order valence-electron chi connectivity index (χ2n) is 7.82. The number of hydrogen-bond donors (Lipinski definition) is 0. The van der Waals surface area contributed by atoms with E-state index in [1.54, 1.807) is 12.1 Å². The van der Waals surface area contributed by atoms with E-state index in [4.69, 9.17) is 4.74 Å². The summed E-state index contributed by atoms with van der Waals surface area (Å²) < 4.78 is 74.3. The number of sulfone groups is 1. The van der Waals surface area contributed by atoms with Crippen LogP contribution in [0.3, 0.4) is 0 Å². The molecule has 0 N–H and O–H groups in total. The predicted molar refractivity (Wildman–Crippen MR) is 111 cm³/mol. The van der Waals surface area contributed by atoms with Gasteiger partial charge in [-0.3, -0.25) is 0 Å². The van der Waals surface area contributed by atoms with Gasteiger partial charge in [-0.25, -0.2) is 27.6 Å². The second kappa shape index (κ2) is 7.74. The molecule has 0 spiro atoms. The van der Waals surface area contributed by atoms with Crippen molar-refractivity contribution in [2.24, 2.45) is 0 Å². The van der Waals surface area contributed by atoms with Crippen LogP contribution in [0.5, 0.6) is 0 Å². The monoisotopic (exact) mass is 491 g/mol. The maximum Gasteiger partial charge on any atom is 0.420 e. The largest absolute Gasteiger partial charge is 0.420 e. The van der Waals surface area contributed by atoms with Gasteiger partial charge in [0.2, 0.25) is 15.0 Å². The first kappa shape index (κ1) is 22.2. The van der Waals surface area contributed by atoms with Crippen molar-refractivity contribution in [1.82, 2.24) is 29.4 Å². The predicted octanol–water partition coefficient (Wildman–Crippen LogP) is 3.13. The minimum absolute atomic E-state index is 0.159. The van der Waals surface area contributed by atoms with E-state index < -0.39 is 38.7 Å². The minimum atomic E-state index is -4.89. The fourth-order valence-corrected chi connectivity index (χ4v) is 4.45. The SMILES string of the molecule is CS(=O)(=O)c1ncc(C(F)(F)F)c(-c2nn(C3CCCCO3)c3nn4c(C#N)cccc4c23)n1. The Hall–Kier alpha value is -3.57. The van der Waals surface area contributed by atoms with Crippen LogP contribution in [0.2, 0.25) is 0 Å². The fourth-order valence-electron chi connectivity index (χ4n) is 3.95. The highest BCUT2D eigenvalue weighted by Crippen LogP contribution is 2.40. The summed E-state index contributed by atoms with van der Waals surface area (Å²) in [5.41, 5.74) is -1.50.